The number of likely N-dealkylation sites (N-methyl/N-ethyl adjacent to an activating group) is 1. The van der Waals surface area contributed by atoms with Gasteiger partial charge in [-0.3, -0.25) is 4.98 Å². The van der Waals surface area contributed by atoms with Gasteiger partial charge in [0.25, 0.3) is 0 Å². The second-order valence-electron chi connectivity index (χ2n) is 5.19. The monoisotopic (exact) mass is 234 g/mol. The highest BCUT2D eigenvalue weighted by molar-refractivity contribution is 5.51. The van der Waals surface area contributed by atoms with Gasteiger partial charge in [0, 0.05) is 18.3 Å². The summed E-state index contributed by atoms with van der Waals surface area (Å²) in [4.78, 5) is 6.45. The lowest BCUT2D eigenvalue weighted by molar-refractivity contribution is 0.172. The van der Waals surface area contributed by atoms with E-state index in [1.54, 1.807) is 6.20 Å². The van der Waals surface area contributed by atoms with Crippen LogP contribution < -0.4 is 11.1 Å². The first-order valence-electron chi connectivity index (χ1n) is 6.24. The SMILES string of the molecule is CN(C)C1(CNc2cncc(N)c2)CCCC1. The van der Waals surface area contributed by atoms with Crippen LogP contribution in [0.2, 0.25) is 0 Å². The number of aromatic nitrogens is 1. The van der Waals surface area contributed by atoms with Gasteiger partial charge in [0.05, 0.1) is 17.6 Å². The fraction of sp³-hybridized carbons (Fsp3) is 0.615. The molecule has 1 aliphatic carbocycles. The maximum atomic E-state index is 5.72. The number of pyridine rings is 1. The fourth-order valence-electron chi connectivity index (χ4n) is 2.64. The lowest BCUT2D eigenvalue weighted by Crippen LogP contribution is -2.47. The van der Waals surface area contributed by atoms with Crippen molar-refractivity contribution in [2.24, 2.45) is 0 Å². The normalized spacial score (nSPS) is 18.5. The molecule has 94 valence electrons. The molecule has 0 aromatic carbocycles. The number of anilines is 2. The molecule has 1 saturated carbocycles. The van der Waals surface area contributed by atoms with E-state index in [0.717, 1.165) is 12.2 Å². The molecule has 0 bridgehead atoms. The molecule has 0 atom stereocenters. The second kappa shape index (κ2) is 4.92. The number of nitrogens with two attached hydrogens (primary N) is 1. The first kappa shape index (κ1) is 12.2. The molecule has 1 heterocycles. The lowest BCUT2D eigenvalue weighted by Gasteiger charge is -2.36. The van der Waals surface area contributed by atoms with Crippen molar-refractivity contribution < 1.29 is 0 Å². The molecule has 0 amide bonds. The predicted molar refractivity (Wildman–Crippen MR) is 72.0 cm³/mol. The lowest BCUT2D eigenvalue weighted by atomic mass is 9.96. The van der Waals surface area contributed by atoms with Gasteiger partial charge in [-0.15, -0.1) is 0 Å². The molecule has 0 spiro atoms. The van der Waals surface area contributed by atoms with Gasteiger partial charge in [-0.05, 0) is 33.0 Å². The highest BCUT2D eigenvalue weighted by atomic mass is 15.2. The number of nitrogens with one attached hydrogen (secondary N) is 1. The van der Waals surface area contributed by atoms with Crippen LogP contribution in [-0.2, 0) is 0 Å². The van der Waals surface area contributed by atoms with Gasteiger partial charge in [-0.2, -0.15) is 0 Å². The maximum absolute atomic E-state index is 5.72. The molecular formula is C13H22N4. The highest BCUT2D eigenvalue weighted by Gasteiger charge is 2.35. The molecule has 1 aromatic heterocycles. The summed E-state index contributed by atoms with van der Waals surface area (Å²) in [6.07, 6.45) is 8.69. The maximum Gasteiger partial charge on any atom is 0.0548 e. The zero-order valence-electron chi connectivity index (χ0n) is 10.7. The van der Waals surface area contributed by atoms with Crippen molar-refractivity contribution in [1.82, 2.24) is 9.88 Å². The Labute approximate surface area is 103 Å². The zero-order valence-corrected chi connectivity index (χ0v) is 10.7. The van der Waals surface area contributed by atoms with E-state index >= 15 is 0 Å². The zero-order chi connectivity index (χ0) is 12.3. The van der Waals surface area contributed by atoms with Crippen molar-refractivity contribution in [2.45, 2.75) is 31.2 Å². The quantitative estimate of drug-likeness (QED) is 0.836. The van der Waals surface area contributed by atoms with Crippen molar-refractivity contribution in [3.63, 3.8) is 0 Å². The Morgan fingerprint density at radius 2 is 2.06 bits per heavy atom. The van der Waals surface area contributed by atoms with Crippen molar-refractivity contribution in [3.8, 4) is 0 Å². The number of hydrogen-bond donors (Lipinski definition) is 2. The molecule has 0 unspecified atom stereocenters. The van der Waals surface area contributed by atoms with Gasteiger partial charge in [-0.25, -0.2) is 0 Å². The van der Waals surface area contributed by atoms with E-state index in [2.05, 4.69) is 29.3 Å². The summed E-state index contributed by atoms with van der Waals surface area (Å²) < 4.78 is 0. The Morgan fingerprint density at radius 3 is 2.65 bits per heavy atom. The minimum atomic E-state index is 0.296. The van der Waals surface area contributed by atoms with Crippen LogP contribution in [-0.4, -0.2) is 36.1 Å². The van der Waals surface area contributed by atoms with Crippen LogP contribution in [0.3, 0.4) is 0 Å². The third-order valence-electron chi connectivity index (χ3n) is 3.86. The standard InChI is InChI=1S/C13H22N4/c1-17(2)13(5-3-4-6-13)10-16-12-7-11(14)8-15-9-12/h7-9,16H,3-6,10,14H2,1-2H3. The molecule has 0 radical (unpaired) electrons. The Balaban J connectivity index is 2.01. The molecule has 3 N–H and O–H groups in total. The van der Waals surface area contributed by atoms with Crippen LogP contribution in [0.4, 0.5) is 11.4 Å². The van der Waals surface area contributed by atoms with Gasteiger partial charge < -0.3 is 16.0 Å². The smallest absolute Gasteiger partial charge is 0.0548 e. The average Bonchev–Trinajstić information content (AvgIpc) is 2.76. The van der Waals surface area contributed by atoms with E-state index in [1.807, 2.05) is 12.3 Å². The second-order valence-corrected chi connectivity index (χ2v) is 5.19. The minimum absolute atomic E-state index is 0.296. The van der Waals surface area contributed by atoms with Crippen LogP contribution >= 0.6 is 0 Å². The number of rotatable bonds is 4. The summed E-state index contributed by atoms with van der Waals surface area (Å²) in [6.45, 7) is 0.963. The minimum Gasteiger partial charge on any atom is -0.397 e. The molecule has 4 nitrogen and oxygen atoms in total. The van der Waals surface area contributed by atoms with Gasteiger partial charge in [0.15, 0.2) is 0 Å². The molecule has 2 rings (SSSR count). The van der Waals surface area contributed by atoms with E-state index in [-0.39, 0.29) is 0 Å². The third-order valence-corrected chi connectivity index (χ3v) is 3.86. The third kappa shape index (κ3) is 2.69. The van der Waals surface area contributed by atoms with Crippen LogP contribution in [0, 0.1) is 0 Å². The van der Waals surface area contributed by atoms with Gasteiger partial charge in [-0.1, -0.05) is 12.8 Å². The molecule has 1 aliphatic rings. The van der Waals surface area contributed by atoms with Gasteiger partial charge >= 0.3 is 0 Å². The fourth-order valence-corrected chi connectivity index (χ4v) is 2.64. The summed E-state index contributed by atoms with van der Waals surface area (Å²) in [5, 5.41) is 3.47. The molecule has 17 heavy (non-hydrogen) atoms. The Bertz CT molecular complexity index is 369. The van der Waals surface area contributed by atoms with E-state index < -0.39 is 0 Å². The summed E-state index contributed by atoms with van der Waals surface area (Å²) in [5.74, 6) is 0. The van der Waals surface area contributed by atoms with E-state index in [1.165, 1.54) is 25.7 Å². The van der Waals surface area contributed by atoms with E-state index in [4.69, 9.17) is 5.73 Å². The van der Waals surface area contributed by atoms with Crippen molar-refractivity contribution >= 4 is 11.4 Å². The van der Waals surface area contributed by atoms with E-state index in [9.17, 15) is 0 Å². The van der Waals surface area contributed by atoms with Crippen molar-refractivity contribution in [2.75, 3.05) is 31.7 Å². The van der Waals surface area contributed by atoms with Crippen molar-refractivity contribution in [3.05, 3.63) is 18.5 Å². The van der Waals surface area contributed by atoms with Crippen LogP contribution in [0.25, 0.3) is 0 Å². The van der Waals surface area contributed by atoms with E-state index in [0.29, 0.717) is 11.2 Å². The first-order valence-corrected chi connectivity index (χ1v) is 6.24. The van der Waals surface area contributed by atoms with Gasteiger partial charge in [0.1, 0.15) is 0 Å². The number of nitrogens with zero attached hydrogens (tertiary/aromatic N) is 2. The van der Waals surface area contributed by atoms with Crippen LogP contribution in [0.15, 0.2) is 18.5 Å². The number of hydrogen-bond acceptors (Lipinski definition) is 4. The summed E-state index contributed by atoms with van der Waals surface area (Å²) in [7, 11) is 4.34. The Morgan fingerprint density at radius 1 is 1.35 bits per heavy atom. The Kier molecular flexibility index (Phi) is 3.52. The summed E-state index contributed by atoms with van der Waals surface area (Å²) >= 11 is 0. The summed E-state index contributed by atoms with van der Waals surface area (Å²) in [5.41, 5.74) is 7.74. The highest BCUT2D eigenvalue weighted by Crippen LogP contribution is 2.33. The topological polar surface area (TPSA) is 54.2 Å². The predicted octanol–water partition coefficient (Wildman–Crippen LogP) is 1.95. The van der Waals surface area contributed by atoms with Crippen molar-refractivity contribution in [1.29, 1.82) is 0 Å². The molecule has 0 aliphatic heterocycles. The molecule has 1 aromatic rings. The first-order chi connectivity index (χ1) is 8.12. The van der Waals surface area contributed by atoms with Gasteiger partial charge in [0.2, 0.25) is 0 Å². The average molecular weight is 234 g/mol. The number of nitrogen functional groups attached to an aromatic ring is 1. The molecule has 0 saturated heterocycles. The largest absolute Gasteiger partial charge is 0.397 e. The molecule has 4 heteroatoms. The molecular weight excluding hydrogens is 212 g/mol. The van der Waals surface area contributed by atoms with Crippen LogP contribution in [0.1, 0.15) is 25.7 Å². The molecule has 1 fully saturated rings. The Hall–Kier alpha value is -1.29. The van der Waals surface area contributed by atoms with Crippen LogP contribution in [0.5, 0.6) is 0 Å². The summed E-state index contributed by atoms with van der Waals surface area (Å²) in [6, 6.07) is 1.94.